The molecule has 0 aliphatic carbocycles. The maximum Gasteiger partial charge on any atom is 0.0683 e. The molecule has 1 atom stereocenters. The van der Waals surface area contributed by atoms with Gasteiger partial charge >= 0.3 is 0 Å². The quantitative estimate of drug-likeness (QED) is 0.858. The Kier molecular flexibility index (Phi) is 3.41. The van der Waals surface area contributed by atoms with Crippen molar-refractivity contribution in [3.8, 4) is 0 Å². The van der Waals surface area contributed by atoms with Gasteiger partial charge < -0.3 is 5.32 Å². The van der Waals surface area contributed by atoms with Crippen molar-refractivity contribution in [2.24, 2.45) is 0 Å². The van der Waals surface area contributed by atoms with E-state index in [4.69, 9.17) is 11.6 Å². The molecule has 2 rings (SSSR count). The molecule has 1 unspecified atom stereocenters. The average molecular weight is 238 g/mol. The Hall–Kier alpha value is -0.830. The van der Waals surface area contributed by atoms with Gasteiger partial charge in [0.25, 0.3) is 0 Å². The molecule has 1 nitrogen and oxygen atoms in total. The third-order valence-electron chi connectivity index (χ3n) is 2.33. The van der Waals surface area contributed by atoms with Crippen LogP contribution in [0.1, 0.15) is 16.5 Å². The fourth-order valence-corrected chi connectivity index (χ4v) is 2.71. The summed E-state index contributed by atoms with van der Waals surface area (Å²) in [5, 5.41) is 6.18. The summed E-state index contributed by atoms with van der Waals surface area (Å²) in [6.07, 6.45) is 0. The lowest BCUT2D eigenvalue weighted by Crippen LogP contribution is -2.16. The van der Waals surface area contributed by atoms with Crippen LogP contribution in [0.3, 0.4) is 0 Å². The third kappa shape index (κ3) is 2.23. The minimum atomic E-state index is 0.193. The van der Waals surface area contributed by atoms with Crippen LogP contribution >= 0.6 is 22.9 Å². The predicted molar refractivity (Wildman–Crippen MR) is 66.7 cm³/mol. The lowest BCUT2D eigenvalue weighted by molar-refractivity contribution is 0.704. The molecule has 1 aromatic heterocycles. The number of hydrogen-bond donors (Lipinski definition) is 1. The number of thiophene rings is 1. The summed E-state index contributed by atoms with van der Waals surface area (Å²) in [5.74, 6) is 0. The smallest absolute Gasteiger partial charge is 0.0683 e. The Morgan fingerprint density at radius 2 is 2.00 bits per heavy atom. The maximum atomic E-state index is 6.18. The molecular formula is C12H12ClNS. The van der Waals surface area contributed by atoms with Gasteiger partial charge in [0.05, 0.1) is 6.04 Å². The molecule has 0 saturated heterocycles. The Morgan fingerprint density at radius 1 is 1.20 bits per heavy atom. The van der Waals surface area contributed by atoms with Crippen LogP contribution in [0, 0.1) is 0 Å². The van der Waals surface area contributed by atoms with E-state index >= 15 is 0 Å². The highest BCUT2D eigenvalue weighted by Crippen LogP contribution is 2.30. The van der Waals surface area contributed by atoms with E-state index in [-0.39, 0.29) is 6.04 Å². The van der Waals surface area contributed by atoms with E-state index in [2.05, 4.69) is 28.9 Å². The molecule has 0 fully saturated rings. The zero-order valence-corrected chi connectivity index (χ0v) is 9.98. The van der Waals surface area contributed by atoms with E-state index in [1.54, 1.807) is 11.3 Å². The van der Waals surface area contributed by atoms with Gasteiger partial charge in [0, 0.05) is 9.90 Å². The van der Waals surface area contributed by atoms with Gasteiger partial charge in [0.1, 0.15) is 0 Å². The van der Waals surface area contributed by atoms with Crippen LogP contribution in [-0.2, 0) is 0 Å². The van der Waals surface area contributed by atoms with Crippen molar-refractivity contribution in [3.63, 3.8) is 0 Å². The van der Waals surface area contributed by atoms with Gasteiger partial charge in [-0.2, -0.15) is 0 Å². The Balaban J connectivity index is 2.40. The topological polar surface area (TPSA) is 12.0 Å². The van der Waals surface area contributed by atoms with Crippen molar-refractivity contribution < 1.29 is 0 Å². The summed E-state index contributed by atoms with van der Waals surface area (Å²) in [4.78, 5) is 1.28. The zero-order valence-electron chi connectivity index (χ0n) is 8.41. The summed E-state index contributed by atoms with van der Waals surface area (Å²) >= 11 is 7.92. The van der Waals surface area contributed by atoms with Crippen LogP contribution in [0.2, 0.25) is 5.02 Å². The average Bonchev–Trinajstić information content (AvgIpc) is 2.75. The fraction of sp³-hybridized carbons (Fsp3) is 0.167. The number of hydrogen-bond acceptors (Lipinski definition) is 2. The Bertz CT molecular complexity index is 425. The van der Waals surface area contributed by atoms with Crippen LogP contribution in [0.4, 0.5) is 0 Å². The minimum Gasteiger partial charge on any atom is -0.309 e. The number of rotatable bonds is 3. The molecule has 0 aliphatic heterocycles. The molecule has 0 bridgehead atoms. The lowest BCUT2D eigenvalue weighted by Gasteiger charge is -2.16. The van der Waals surface area contributed by atoms with Crippen LogP contribution in [-0.4, -0.2) is 7.05 Å². The normalized spacial score (nSPS) is 12.7. The molecule has 78 valence electrons. The van der Waals surface area contributed by atoms with Gasteiger partial charge in [-0.1, -0.05) is 35.9 Å². The molecule has 0 spiro atoms. The van der Waals surface area contributed by atoms with Crippen LogP contribution < -0.4 is 5.32 Å². The highest BCUT2D eigenvalue weighted by molar-refractivity contribution is 7.10. The second-order valence-electron chi connectivity index (χ2n) is 3.26. The second-order valence-corrected chi connectivity index (χ2v) is 4.65. The van der Waals surface area contributed by atoms with Crippen molar-refractivity contribution >= 4 is 22.9 Å². The van der Waals surface area contributed by atoms with E-state index in [9.17, 15) is 0 Å². The lowest BCUT2D eigenvalue weighted by atomic mass is 10.1. The highest BCUT2D eigenvalue weighted by Gasteiger charge is 2.14. The molecule has 0 saturated carbocycles. The molecule has 1 aromatic carbocycles. The molecule has 0 aliphatic rings. The number of nitrogens with one attached hydrogen (secondary N) is 1. The van der Waals surface area contributed by atoms with Gasteiger partial charge in [0.2, 0.25) is 0 Å². The second kappa shape index (κ2) is 4.79. The van der Waals surface area contributed by atoms with Crippen molar-refractivity contribution in [1.82, 2.24) is 5.32 Å². The van der Waals surface area contributed by atoms with Gasteiger partial charge in [-0.05, 0) is 30.1 Å². The van der Waals surface area contributed by atoms with Gasteiger partial charge in [-0.3, -0.25) is 0 Å². The van der Waals surface area contributed by atoms with Crippen molar-refractivity contribution in [3.05, 3.63) is 57.2 Å². The van der Waals surface area contributed by atoms with Crippen molar-refractivity contribution in [1.29, 1.82) is 0 Å². The summed E-state index contributed by atoms with van der Waals surface area (Å²) < 4.78 is 0. The summed E-state index contributed by atoms with van der Waals surface area (Å²) in [5.41, 5.74) is 1.13. The summed E-state index contributed by atoms with van der Waals surface area (Å²) in [6.45, 7) is 0. The van der Waals surface area contributed by atoms with Gasteiger partial charge in [0.15, 0.2) is 0 Å². The molecule has 1 N–H and O–H groups in total. The first-order valence-electron chi connectivity index (χ1n) is 4.78. The van der Waals surface area contributed by atoms with Crippen molar-refractivity contribution in [2.75, 3.05) is 7.05 Å². The molecule has 2 aromatic rings. The van der Waals surface area contributed by atoms with E-state index in [0.29, 0.717) is 0 Å². The van der Waals surface area contributed by atoms with E-state index in [0.717, 1.165) is 10.6 Å². The first kappa shape index (κ1) is 10.7. The van der Waals surface area contributed by atoms with E-state index < -0.39 is 0 Å². The molecule has 0 amide bonds. The molecular weight excluding hydrogens is 226 g/mol. The van der Waals surface area contributed by atoms with Gasteiger partial charge in [-0.15, -0.1) is 11.3 Å². The van der Waals surface area contributed by atoms with Crippen LogP contribution in [0.25, 0.3) is 0 Å². The van der Waals surface area contributed by atoms with Crippen LogP contribution in [0.5, 0.6) is 0 Å². The summed E-state index contributed by atoms with van der Waals surface area (Å²) in [6, 6.07) is 12.3. The number of halogens is 1. The number of benzene rings is 1. The Morgan fingerprint density at radius 3 is 2.60 bits per heavy atom. The molecule has 15 heavy (non-hydrogen) atoms. The van der Waals surface area contributed by atoms with Gasteiger partial charge in [-0.25, -0.2) is 0 Å². The van der Waals surface area contributed by atoms with Crippen LogP contribution in [0.15, 0.2) is 41.8 Å². The minimum absolute atomic E-state index is 0.193. The standard InChI is InChI=1S/C12H12ClNS/c1-14-12(11-7-4-8-15-11)9-5-2-3-6-10(9)13/h2-8,12,14H,1H3. The monoisotopic (exact) mass is 237 g/mol. The highest BCUT2D eigenvalue weighted by atomic mass is 35.5. The Labute approximate surface area is 98.7 Å². The first-order valence-corrected chi connectivity index (χ1v) is 6.04. The maximum absolute atomic E-state index is 6.18. The fourth-order valence-electron chi connectivity index (χ4n) is 1.62. The van der Waals surface area contributed by atoms with E-state index in [1.807, 2.05) is 25.2 Å². The summed E-state index contributed by atoms with van der Waals surface area (Å²) in [7, 11) is 1.95. The molecule has 1 heterocycles. The largest absolute Gasteiger partial charge is 0.309 e. The molecule has 0 radical (unpaired) electrons. The SMILES string of the molecule is CNC(c1cccs1)c1ccccc1Cl. The third-order valence-corrected chi connectivity index (χ3v) is 3.61. The van der Waals surface area contributed by atoms with Crippen molar-refractivity contribution in [2.45, 2.75) is 6.04 Å². The first-order chi connectivity index (χ1) is 7.33. The predicted octanol–water partition coefficient (Wildman–Crippen LogP) is 3.71. The van der Waals surface area contributed by atoms with E-state index in [1.165, 1.54) is 4.88 Å². The zero-order chi connectivity index (χ0) is 10.7. The molecule has 3 heteroatoms.